The Bertz CT molecular complexity index is 1290. The van der Waals surface area contributed by atoms with E-state index < -0.39 is 39.7 Å². The largest absolute Gasteiger partial charge is 0.494 e. The molecule has 1 N–H and O–H groups in total. The molecule has 0 saturated carbocycles. The Morgan fingerprint density at radius 3 is 2.51 bits per heavy atom. The molecule has 4 rings (SSSR count). The van der Waals surface area contributed by atoms with Crippen molar-refractivity contribution >= 4 is 16.0 Å². The number of carboxylic acid groups (broad SMARTS) is 1. The van der Waals surface area contributed by atoms with Crippen molar-refractivity contribution in [1.82, 2.24) is 9.21 Å². The molecular formula is C28H37FN2O7S. The first-order valence-corrected chi connectivity index (χ1v) is 14.8. The van der Waals surface area contributed by atoms with Crippen LogP contribution in [0.15, 0.2) is 36.4 Å². The minimum Gasteiger partial charge on any atom is -0.494 e. The number of sulfonamides is 1. The number of carboxylic acids is 1. The van der Waals surface area contributed by atoms with Crippen LogP contribution in [0.4, 0.5) is 4.39 Å². The third kappa shape index (κ3) is 6.31. The van der Waals surface area contributed by atoms with Crippen LogP contribution in [-0.4, -0.2) is 74.5 Å². The van der Waals surface area contributed by atoms with E-state index in [0.717, 1.165) is 5.56 Å². The molecule has 0 bridgehead atoms. The minimum absolute atomic E-state index is 0.0251. The number of aliphatic carboxylic acids is 1. The van der Waals surface area contributed by atoms with Gasteiger partial charge in [-0.15, -0.1) is 0 Å². The van der Waals surface area contributed by atoms with Gasteiger partial charge in [0.15, 0.2) is 23.1 Å². The monoisotopic (exact) mass is 564 g/mol. The van der Waals surface area contributed by atoms with Crippen molar-refractivity contribution in [2.45, 2.75) is 39.2 Å². The third-order valence-electron chi connectivity index (χ3n) is 7.27. The molecule has 1 saturated heterocycles. The Morgan fingerprint density at radius 2 is 1.87 bits per heavy atom. The topological polar surface area (TPSA) is 106 Å². The van der Waals surface area contributed by atoms with E-state index in [-0.39, 0.29) is 30.8 Å². The number of ether oxygens (including phenoxy) is 3. The van der Waals surface area contributed by atoms with Crippen molar-refractivity contribution in [1.29, 1.82) is 0 Å². The minimum atomic E-state index is -3.49. The smallest absolute Gasteiger partial charge is 0.309 e. The zero-order valence-electron chi connectivity index (χ0n) is 22.8. The molecule has 2 aliphatic heterocycles. The number of benzene rings is 2. The van der Waals surface area contributed by atoms with Crippen molar-refractivity contribution in [3.05, 3.63) is 53.3 Å². The van der Waals surface area contributed by atoms with Gasteiger partial charge in [-0.2, -0.15) is 0 Å². The first-order valence-electron chi connectivity index (χ1n) is 13.2. The Labute approximate surface area is 229 Å². The number of likely N-dealkylation sites (tertiary alicyclic amines) is 1. The summed E-state index contributed by atoms with van der Waals surface area (Å²) >= 11 is 0. The lowest BCUT2D eigenvalue weighted by Crippen LogP contribution is -2.41. The average molecular weight is 565 g/mol. The van der Waals surface area contributed by atoms with Crippen LogP contribution >= 0.6 is 0 Å². The lowest BCUT2D eigenvalue weighted by molar-refractivity contribution is -0.143. The first-order chi connectivity index (χ1) is 18.6. The van der Waals surface area contributed by atoms with Crippen molar-refractivity contribution < 1.29 is 36.9 Å². The standard InChI is InChI=1S/C28H37FN2O7S/c1-5-10-31(39(34,35)16-18(2)3)12-11-30-15-21(19-6-9-24-25(14-19)38-17-37-24)26(28(32)33)27(30)20-7-8-23(36-4)22(29)13-20/h6-9,13-14,18,21,26-27H,5,10-12,15-17H2,1-4H3,(H,32,33)/t21-,26+,27-/m1/s1. The third-order valence-corrected chi connectivity index (χ3v) is 9.51. The van der Waals surface area contributed by atoms with Gasteiger partial charge in [-0.05, 0) is 47.7 Å². The molecule has 0 spiro atoms. The summed E-state index contributed by atoms with van der Waals surface area (Å²) in [5, 5.41) is 10.4. The fourth-order valence-corrected chi connectivity index (χ4v) is 7.49. The maximum Gasteiger partial charge on any atom is 0.309 e. The predicted molar refractivity (Wildman–Crippen MR) is 144 cm³/mol. The molecule has 2 aliphatic rings. The van der Waals surface area contributed by atoms with Gasteiger partial charge in [0, 0.05) is 38.1 Å². The summed E-state index contributed by atoms with van der Waals surface area (Å²) in [6.07, 6.45) is 0.655. The van der Waals surface area contributed by atoms with Gasteiger partial charge in [0.1, 0.15) is 0 Å². The van der Waals surface area contributed by atoms with Gasteiger partial charge in [-0.3, -0.25) is 9.69 Å². The SMILES string of the molecule is CCCN(CCN1C[C@H](c2ccc3c(c2)OCO3)[C@H](C(=O)O)[C@H]1c1ccc(OC)c(F)c1)S(=O)(=O)CC(C)C. The van der Waals surface area contributed by atoms with Crippen LogP contribution in [0.5, 0.6) is 17.2 Å². The number of methoxy groups -OCH3 is 1. The van der Waals surface area contributed by atoms with Gasteiger partial charge in [-0.1, -0.05) is 32.9 Å². The van der Waals surface area contributed by atoms with Crippen LogP contribution < -0.4 is 14.2 Å². The zero-order chi connectivity index (χ0) is 28.3. The predicted octanol–water partition coefficient (Wildman–Crippen LogP) is 4.10. The van der Waals surface area contributed by atoms with Crippen molar-refractivity contribution in [3.8, 4) is 17.2 Å². The number of hydrogen-bond acceptors (Lipinski definition) is 7. The van der Waals surface area contributed by atoms with Crippen molar-refractivity contribution in [2.75, 3.05) is 45.8 Å². The summed E-state index contributed by atoms with van der Waals surface area (Å²) in [4.78, 5) is 14.7. The molecule has 3 atom stereocenters. The van der Waals surface area contributed by atoms with Gasteiger partial charge >= 0.3 is 5.97 Å². The second-order valence-corrected chi connectivity index (χ2v) is 12.5. The van der Waals surface area contributed by atoms with Crippen LogP contribution in [0, 0.1) is 17.7 Å². The summed E-state index contributed by atoms with van der Waals surface area (Å²) in [6, 6.07) is 9.20. The van der Waals surface area contributed by atoms with Gasteiger partial charge < -0.3 is 19.3 Å². The molecule has 0 radical (unpaired) electrons. The number of carbonyl (C=O) groups is 1. The van der Waals surface area contributed by atoms with Crippen molar-refractivity contribution in [3.63, 3.8) is 0 Å². The second kappa shape index (κ2) is 12.1. The van der Waals surface area contributed by atoms with Crippen LogP contribution in [0.2, 0.25) is 0 Å². The van der Waals surface area contributed by atoms with Crippen LogP contribution in [0.1, 0.15) is 50.3 Å². The normalized spacial score (nSPS) is 21.2. The van der Waals surface area contributed by atoms with Crippen molar-refractivity contribution in [2.24, 2.45) is 11.8 Å². The fourth-order valence-electron chi connectivity index (χ4n) is 5.61. The van der Waals surface area contributed by atoms with Gasteiger partial charge in [0.2, 0.25) is 16.8 Å². The molecule has 11 heteroatoms. The first kappa shape index (κ1) is 29.1. The summed E-state index contributed by atoms with van der Waals surface area (Å²) in [7, 11) is -2.12. The zero-order valence-corrected chi connectivity index (χ0v) is 23.6. The van der Waals surface area contributed by atoms with E-state index in [9.17, 15) is 22.7 Å². The molecule has 0 amide bonds. The Kier molecular flexibility index (Phi) is 9.03. The molecule has 2 aromatic carbocycles. The molecule has 1 fully saturated rings. The number of fused-ring (bicyclic) bond motifs is 1. The highest BCUT2D eigenvalue weighted by molar-refractivity contribution is 7.89. The summed E-state index contributed by atoms with van der Waals surface area (Å²) in [5.74, 6) is -1.73. The van der Waals surface area contributed by atoms with E-state index >= 15 is 0 Å². The van der Waals surface area contributed by atoms with Gasteiger partial charge in [-0.25, -0.2) is 17.1 Å². The molecule has 2 heterocycles. The van der Waals surface area contributed by atoms with E-state index in [1.165, 1.54) is 23.5 Å². The molecule has 0 aliphatic carbocycles. The quantitative estimate of drug-likeness (QED) is 0.411. The average Bonchev–Trinajstić information content (AvgIpc) is 3.50. The molecule has 0 unspecified atom stereocenters. The maximum atomic E-state index is 14.8. The second-order valence-electron chi connectivity index (χ2n) is 10.5. The van der Waals surface area contributed by atoms with Gasteiger partial charge in [0.25, 0.3) is 0 Å². The Balaban J connectivity index is 1.70. The molecular weight excluding hydrogens is 527 g/mol. The maximum absolute atomic E-state index is 14.8. The van der Waals surface area contributed by atoms with E-state index in [1.54, 1.807) is 18.2 Å². The van der Waals surface area contributed by atoms with Crippen LogP contribution in [0.25, 0.3) is 0 Å². The lowest BCUT2D eigenvalue weighted by atomic mass is 9.82. The highest BCUT2D eigenvalue weighted by Crippen LogP contribution is 2.48. The molecule has 2 aromatic rings. The highest BCUT2D eigenvalue weighted by atomic mass is 32.2. The van der Waals surface area contributed by atoms with E-state index in [4.69, 9.17) is 14.2 Å². The van der Waals surface area contributed by atoms with E-state index in [0.29, 0.717) is 43.1 Å². The van der Waals surface area contributed by atoms with E-state index in [1.807, 2.05) is 31.7 Å². The number of nitrogens with zero attached hydrogens (tertiary/aromatic N) is 2. The Morgan fingerprint density at radius 1 is 1.15 bits per heavy atom. The number of halogens is 1. The van der Waals surface area contributed by atoms with Crippen LogP contribution in [0.3, 0.4) is 0 Å². The molecule has 0 aromatic heterocycles. The van der Waals surface area contributed by atoms with Crippen LogP contribution in [-0.2, 0) is 14.8 Å². The Hall–Kier alpha value is -2.89. The molecule has 214 valence electrons. The molecule has 39 heavy (non-hydrogen) atoms. The summed E-state index contributed by atoms with van der Waals surface area (Å²) < 4.78 is 58.5. The van der Waals surface area contributed by atoms with E-state index in [2.05, 4.69) is 0 Å². The highest BCUT2D eigenvalue weighted by Gasteiger charge is 2.48. The summed E-state index contributed by atoms with van der Waals surface area (Å²) in [5.41, 5.74) is 1.27. The number of hydrogen-bond donors (Lipinski definition) is 1. The molecule has 9 nitrogen and oxygen atoms in total. The fraction of sp³-hybridized carbons (Fsp3) is 0.536. The number of rotatable bonds is 12. The lowest BCUT2D eigenvalue weighted by Gasteiger charge is -2.30. The summed E-state index contributed by atoms with van der Waals surface area (Å²) in [6.45, 7) is 6.97. The van der Waals surface area contributed by atoms with Gasteiger partial charge in [0.05, 0.1) is 18.8 Å².